The highest BCUT2D eigenvalue weighted by molar-refractivity contribution is 7.89. The highest BCUT2D eigenvalue weighted by Crippen LogP contribution is 2.41. The lowest BCUT2D eigenvalue weighted by Crippen LogP contribution is -2.45. The molecule has 0 radical (unpaired) electrons. The van der Waals surface area contributed by atoms with Gasteiger partial charge in [0, 0.05) is 32.1 Å². The van der Waals surface area contributed by atoms with Gasteiger partial charge in [0.2, 0.25) is 15.9 Å². The van der Waals surface area contributed by atoms with E-state index in [1.807, 2.05) is 6.92 Å². The van der Waals surface area contributed by atoms with Crippen molar-refractivity contribution in [1.29, 1.82) is 0 Å². The number of alkyl halides is 3. The van der Waals surface area contributed by atoms with Crippen molar-refractivity contribution >= 4 is 22.0 Å². The molecule has 1 aromatic rings. The fourth-order valence-electron chi connectivity index (χ4n) is 5.58. The number of carbonyl (C=O) groups is 2. The SMILES string of the molecule is CCCC[C@@H](CC(C)(C)OC(=O)NC)C(=O)N[C@H]1CC[C@@H]2CN(S(=O)(=O)c3ccc(C(F)(F)F)cc3)C[C@@H]21. The van der Waals surface area contributed by atoms with E-state index in [0.717, 1.165) is 49.9 Å². The van der Waals surface area contributed by atoms with Crippen LogP contribution in [0.15, 0.2) is 29.2 Å². The first kappa shape index (κ1) is 30.2. The van der Waals surface area contributed by atoms with Crippen molar-refractivity contribution in [1.82, 2.24) is 14.9 Å². The van der Waals surface area contributed by atoms with Gasteiger partial charge in [0.05, 0.1) is 10.5 Å². The molecule has 4 atom stereocenters. The van der Waals surface area contributed by atoms with Crippen molar-refractivity contribution in [2.45, 2.75) is 82.0 Å². The zero-order chi connectivity index (χ0) is 28.3. The summed E-state index contributed by atoms with van der Waals surface area (Å²) >= 11 is 0. The highest BCUT2D eigenvalue weighted by atomic mass is 32.2. The van der Waals surface area contributed by atoms with Gasteiger partial charge < -0.3 is 15.4 Å². The molecular formula is C26H38F3N3O5S. The number of nitrogens with zero attached hydrogens (tertiary/aromatic N) is 1. The second-order valence-corrected chi connectivity index (χ2v) is 12.8. The van der Waals surface area contributed by atoms with Crippen LogP contribution in [0.3, 0.4) is 0 Å². The van der Waals surface area contributed by atoms with Crippen LogP contribution in [0.4, 0.5) is 18.0 Å². The molecule has 3 rings (SSSR count). The number of ether oxygens (including phenoxy) is 1. The van der Waals surface area contributed by atoms with Gasteiger partial charge >= 0.3 is 12.3 Å². The smallest absolute Gasteiger partial charge is 0.416 e. The van der Waals surface area contributed by atoms with Crippen molar-refractivity contribution in [3.63, 3.8) is 0 Å². The Morgan fingerprint density at radius 2 is 1.79 bits per heavy atom. The van der Waals surface area contributed by atoms with Crippen LogP contribution in [0.5, 0.6) is 0 Å². The molecular weight excluding hydrogens is 523 g/mol. The van der Waals surface area contributed by atoms with Crippen molar-refractivity contribution < 1.29 is 35.9 Å². The van der Waals surface area contributed by atoms with Crippen LogP contribution in [0.2, 0.25) is 0 Å². The quantitative estimate of drug-likeness (QED) is 0.436. The van der Waals surface area contributed by atoms with Crippen molar-refractivity contribution in [2.24, 2.45) is 17.8 Å². The number of halogens is 3. The molecule has 2 amide bonds. The fourth-order valence-corrected chi connectivity index (χ4v) is 7.11. The van der Waals surface area contributed by atoms with Gasteiger partial charge in [-0.1, -0.05) is 19.8 Å². The normalized spacial score (nSPS) is 23.1. The summed E-state index contributed by atoms with van der Waals surface area (Å²) in [6.07, 6.45) is -0.900. The number of alkyl carbamates (subject to hydrolysis) is 1. The number of sulfonamides is 1. The van der Waals surface area contributed by atoms with Crippen LogP contribution in [-0.4, -0.2) is 56.5 Å². The van der Waals surface area contributed by atoms with Crippen molar-refractivity contribution in [2.75, 3.05) is 20.1 Å². The predicted octanol–water partition coefficient (Wildman–Crippen LogP) is 4.55. The molecule has 12 heteroatoms. The Kier molecular flexibility index (Phi) is 9.39. The summed E-state index contributed by atoms with van der Waals surface area (Å²) in [5.74, 6) is -0.527. The zero-order valence-corrected chi connectivity index (χ0v) is 23.1. The Labute approximate surface area is 222 Å². The number of unbranched alkanes of at least 4 members (excludes halogenated alkanes) is 1. The van der Waals surface area contributed by atoms with Gasteiger partial charge in [0.25, 0.3) is 0 Å². The molecule has 8 nitrogen and oxygen atoms in total. The third-order valence-corrected chi connectivity index (χ3v) is 9.40. The maximum absolute atomic E-state index is 13.3. The summed E-state index contributed by atoms with van der Waals surface area (Å²) in [5, 5.41) is 5.57. The molecule has 1 aliphatic heterocycles. The summed E-state index contributed by atoms with van der Waals surface area (Å²) in [6.45, 7) is 6.03. The van der Waals surface area contributed by atoms with E-state index in [2.05, 4.69) is 10.6 Å². The molecule has 1 aliphatic carbocycles. The Balaban J connectivity index is 1.67. The second-order valence-electron chi connectivity index (χ2n) is 10.9. The van der Waals surface area contributed by atoms with Gasteiger partial charge in [-0.15, -0.1) is 0 Å². The van der Waals surface area contributed by atoms with E-state index in [1.54, 1.807) is 13.8 Å². The van der Waals surface area contributed by atoms with Crippen LogP contribution in [0, 0.1) is 17.8 Å². The van der Waals surface area contributed by atoms with Crippen LogP contribution < -0.4 is 10.6 Å². The molecule has 1 saturated heterocycles. The number of amides is 2. The first-order chi connectivity index (χ1) is 17.7. The summed E-state index contributed by atoms with van der Waals surface area (Å²) in [5.41, 5.74) is -1.76. The number of benzene rings is 1. The third-order valence-electron chi connectivity index (χ3n) is 7.56. The van der Waals surface area contributed by atoms with E-state index < -0.39 is 33.5 Å². The number of nitrogens with one attached hydrogen (secondary N) is 2. The Morgan fingerprint density at radius 1 is 1.13 bits per heavy atom. The first-order valence-corrected chi connectivity index (χ1v) is 14.5. The van der Waals surface area contributed by atoms with E-state index in [0.29, 0.717) is 12.8 Å². The van der Waals surface area contributed by atoms with Gasteiger partial charge in [-0.3, -0.25) is 4.79 Å². The monoisotopic (exact) mass is 561 g/mol. The average molecular weight is 562 g/mol. The number of fused-ring (bicyclic) bond motifs is 1. The van der Waals surface area contributed by atoms with Gasteiger partial charge in [0.15, 0.2) is 0 Å². The second kappa shape index (κ2) is 11.8. The predicted molar refractivity (Wildman–Crippen MR) is 136 cm³/mol. The lowest BCUT2D eigenvalue weighted by atomic mass is 9.88. The molecule has 2 aliphatic rings. The maximum Gasteiger partial charge on any atom is 0.416 e. The number of hydrogen-bond donors (Lipinski definition) is 2. The molecule has 0 unspecified atom stereocenters. The summed E-state index contributed by atoms with van der Waals surface area (Å²) in [4.78, 5) is 24.9. The Morgan fingerprint density at radius 3 is 2.37 bits per heavy atom. The van der Waals surface area contributed by atoms with Crippen LogP contribution in [0.25, 0.3) is 0 Å². The largest absolute Gasteiger partial charge is 0.444 e. The number of hydrogen-bond acceptors (Lipinski definition) is 5. The van der Waals surface area contributed by atoms with E-state index in [9.17, 15) is 31.2 Å². The van der Waals surface area contributed by atoms with Crippen molar-refractivity contribution in [3.05, 3.63) is 29.8 Å². The summed E-state index contributed by atoms with van der Waals surface area (Å²) < 4.78 is 71.8. The molecule has 38 heavy (non-hydrogen) atoms. The summed E-state index contributed by atoms with van der Waals surface area (Å²) in [6, 6.07) is 3.34. The minimum atomic E-state index is -4.54. The lowest BCUT2D eigenvalue weighted by Gasteiger charge is -2.30. The number of rotatable bonds is 10. The van der Waals surface area contributed by atoms with Crippen LogP contribution >= 0.6 is 0 Å². The molecule has 0 spiro atoms. The molecule has 2 fully saturated rings. The third kappa shape index (κ3) is 7.19. The molecule has 1 saturated carbocycles. The van der Waals surface area contributed by atoms with Crippen LogP contribution in [-0.2, 0) is 25.7 Å². The average Bonchev–Trinajstić information content (AvgIpc) is 3.43. The highest BCUT2D eigenvalue weighted by Gasteiger charge is 2.47. The van der Waals surface area contributed by atoms with Gasteiger partial charge in [0.1, 0.15) is 5.60 Å². The van der Waals surface area contributed by atoms with E-state index in [4.69, 9.17) is 4.74 Å². The first-order valence-electron chi connectivity index (χ1n) is 13.1. The Bertz CT molecular complexity index is 1090. The molecule has 1 aromatic carbocycles. The van der Waals surface area contributed by atoms with Crippen LogP contribution in [0.1, 0.15) is 64.9 Å². The van der Waals surface area contributed by atoms with E-state index in [1.165, 1.54) is 11.4 Å². The summed E-state index contributed by atoms with van der Waals surface area (Å²) in [7, 11) is -2.49. The topological polar surface area (TPSA) is 105 Å². The Hall–Kier alpha value is -2.34. The minimum absolute atomic E-state index is 0.0617. The zero-order valence-electron chi connectivity index (χ0n) is 22.3. The number of carbonyl (C=O) groups excluding carboxylic acids is 2. The maximum atomic E-state index is 13.3. The van der Waals surface area contributed by atoms with Gasteiger partial charge in [-0.25, -0.2) is 13.2 Å². The van der Waals surface area contributed by atoms with Crippen molar-refractivity contribution in [3.8, 4) is 0 Å². The fraction of sp³-hybridized carbons (Fsp3) is 0.692. The standard InChI is InChI=1S/C26H38F3N3O5S/c1-5-6-7-17(14-25(2,3)37-24(34)30-4)23(33)31-22-13-8-18-15-32(16-21(18)22)38(35,36)20-11-9-19(10-12-20)26(27,28)29/h9-12,17-18,21-22H,5-8,13-16H2,1-4H3,(H,30,34)(H,31,33)/t17-,18+,21-,22-/m0/s1. The molecule has 0 aromatic heterocycles. The van der Waals surface area contributed by atoms with Gasteiger partial charge in [-0.05, 0) is 75.6 Å². The van der Waals surface area contributed by atoms with E-state index >= 15 is 0 Å². The minimum Gasteiger partial charge on any atom is -0.444 e. The lowest BCUT2D eigenvalue weighted by molar-refractivity contribution is -0.137. The molecule has 1 heterocycles. The molecule has 214 valence electrons. The molecule has 0 bridgehead atoms. The van der Waals surface area contributed by atoms with Gasteiger partial charge in [-0.2, -0.15) is 17.5 Å². The molecule has 2 N–H and O–H groups in total. The van der Waals surface area contributed by atoms with E-state index in [-0.39, 0.29) is 47.7 Å².